The molecule has 0 spiro atoms. The third-order valence-corrected chi connectivity index (χ3v) is 2.79. The summed E-state index contributed by atoms with van der Waals surface area (Å²) in [7, 11) is 0. The first kappa shape index (κ1) is 14.2. The lowest BCUT2D eigenvalue weighted by Gasteiger charge is -2.12. The van der Waals surface area contributed by atoms with Crippen molar-refractivity contribution in [2.24, 2.45) is 5.92 Å². The van der Waals surface area contributed by atoms with Gasteiger partial charge in [0, 0.05) is 25.9 Å². The van der Waals surface area contributed by atoms with Crippen molar-refractivity contribution in [3.05, 3.63) is 10.7 Å². The SMILES string of the molecule is CCCNc1ncc(Br)c(NCC(C)CO)n1. The van der Waals surface area contributed by atoms with Gasteiger partial charge in [0.1, 0.15) is 5.82 Å². The Kier molecular flexibility index (Phi) is 6.21. The van der Waals surface area contributed by atoms with Gasteiger partial charge in [0.15, 0.2) is 0 Å². The topological polar surface area (TPSA) is 70.1 Å². The lowest BCUT2D eigenvalue weighted by Crippen LogP contribution is -2.16. The second-order valence-corrected chi connectivity index (χ2v) is 4.84. The van der Waals surface area contributed by atoms with Gasteiger partial charge in [-0.3, -0.25) is 0 Å². The van der Waals surface area contributed by atoms with E-state index < -0.39 is 0 Å². The van der Waals surface area contributed by atoms with E-state index in [1.807, 2.05) is 6.92 Å². The second kappa shape index (κ2) is 7.45. The summed E-state index contributed by atoms with van der Waals surface area (Å²) in [4.78, 5) is 8.52. The highest BCUT2D eigenvalue weighted by atomic mass is 79.9. The first-order valence-corrected chi connectivity index (χ1v) is 6.57. The number of aliphatic hydroxyl groups excluding tert-OH is 1. The smallest absolute Gasteiger partial charge is 0.224 e. The van der Waals surface area contributed by atoms with Crippen molar-refractivity contribution in [1.29, 1.82) is 0 Å². The van der Waals surface area contributed by atoms with Crippen LogP contribution in [0, 0.1) is 5.92 Å². The van der Waals surface area contributed by atoms with Crippen molar-refractivity contribution in [3.63, 3.8) is 0 Å². The number of anilines is 2. The van der Waals surface area contributed by atoms with E-state index in [1.54, 1.807) is 6.20 Å². The Balaban J connectivity index is 2.62. The van der Waals surface area contributed by atoms with Crippen molar-refractivity contribution in [2.75, 3.05) is 30.3 Å². The van der Waals surface area contributed by atoms with Crippen LogP contribution in [0.3, 0.4) is 0 Å². The van der Waals surface area contributed by atoms with Crippen molar-refractivity contribution >= 4 is 27.7 Å². The average Bonchev–Trinajstić information content (AvgIpc) is 2.35. The Morgan fingerprint density at radius 2 is 2.24 bits per heavy atom. The van der Waals surface area contributed by atoms with Gasteiger partial charge >= 0.3 is 0 Å². The minimum atomic E-state index is 0.163. The summed E-state index contributed by atoms with van der Waals surface area (Å²) in [5.41, 5.74) is 0. The predicted molar refractivity (Wildman–Crippen MR) is 73.3 cm³/mol. The zero-order valence-electron chi connectivity index (χ0n) is 10.2. The number of aliphatic hydroxyl groups is 1. The van der Waals surface area contributed by atoms with E-state index >= 15 is 0 Å². The molecule has 3 N–H and O–H groups in total. The van der Waals surface area contributed by atoms with E-state index in [1.165, 1.54) is 0 Å². The highest BCUT2D eigenvalue weighted by molar-refractivity contribution is 9.10. The molecule has 0 fully saturated rings. The Hall–Kier alpha value is -0.880. The van der Waals surface area contributed by atoms with Gasteiger partial charge in [-0.1, -0.05) is 13.8 Å². The lowest BCUT2D eigenvalue weighted by molar-refractivity contribution is 0.244. The zero-order valence-corrected chi connectivity index (χ0v) is 11.8. The Labute approximate surface area is 110 Å². The molecule has 0 bridgehead atoms. The molecule has 5 nitrogen and oxygen atoms in total. The molecule has 0 aliphatic carbocycles. The first-order chi connectivity index (χ1) is 8.17. The summed E-state index contributed by atoms with van der Waals surface area (Å²) in [5, 5.41) is 15.3. The number of rotatable bonds is 7. The molecule has 0 aromatic carbocycles. The maximum atomic E-state index is 8.96. The second-order valence-electron chi connectivity index (χ2n) is 3.99. The van der Waals surface area contributed by atoms with Crippen LogP contribution in [0.2, 0.25) is 0 Å². The molecule has 0 saturated heterocycles. The van der Waals surface area contributed by atoms with Crippen molar-refractivity contribution in [3.8, 4) is 0 Å². The van der Waals surface area contributed by atoms with E-state index in [-0.39, 0.29) is 12.5 Å². The summed E-state index contributed by atoms with van der Waals surface area (Å²) in [6, 6.07) is 0. The number of hydrogen-bond donors (Lipinski definition) is 3. The van der Waals surface area contributed by atoms with Crippen LogP contribution in [0.25, 0.3) is 0 Å². The largest absolute Gasteiger partial charge is 0.396 e. The number of halogens is 1. The Bertz CT molecular complexity index is 348. The first-order valence-electron chi connectivity index (χ1n) is 5.78. The summed E-state index contributed by atoms with van der Waals surface area (Å²) in [6.07, 6.45) is 2.75. The van der Waals surface area contributed by atoms with E-state index in [2.05, 4.69) is 43.5 Å². The molecule has 1 atom stereocenters. The molecule has 17 heavy (non-hydrogen) atoms. The minimum Gasteiger partial charge on any atom is -0.396 e. The van der Waals surface area contributed by atoms with E-state index in [9.17, 15) is 0 Å². The fourth-order valence-corrected chi connectivity index (χ4v) is 1.48. The Morgan fingerprint density at radius 3 is 2.88 bits per heavy atom. The molecule has 6 heteroatoms. The van der Waals surface area contributed by atoms with Crippen LogP contribution in [-0.2, 0) is 0 Å². The monoisotopic (exact) mass is 302 g/mol. The van der Waals surface area contributed by atoms with Crippen LogP contribution in [0.5, 0.6) is 0 Å². The standard InChI is InChI=1S/C11H19BrN4O/c1-3-4-13-11-15-6-9(12)10(16-11)14-5-8(2)7-17/h6,8,17H,3-5,7H2,1-2H3,(H2,13,14,15,16). The fraction of sp³-hybridized carbons (Fsp3) is 0.636. The number of nitrogens with zero attached hydrogens (tertiary/aromatic N) is 2. The normalized spacial score (nSPS) is 12.2. The molecule has 0 aliphatic rings. The average molecular weight is 303 g/mol. The summed E-state index contributed by atoms with van der Waals surface area (Å²) in [6.45, 7) is 5.76. The molecule has 1 rings (SSSR count). The van der Waals surface area contributed by atoms with E-state index in [4.69, 9.17) is 5.11 Å². The van der Waals surface area contributed by atoms with Crippen LogP contribution in [0.15, 0.2) is 10.7 Å². The van der Waals surface area contributed by atoms with Crippen molar-refractivity contribution < 1.29 is 5.11 Å². The highest BCUT2D eigenvalue weighted by Gasteiger charge is 2.06. The van der Waals surface area contributed by atoms with Gasteiger partial charge in [0.05, 0.1) is 4.47 Å². The maximum absolute atomic E-state index is 8.96. The van der Waals surface area contributed by atoms with Crippen LogP contribution < -0.4 is 10.6 Å². The van der Waals surface area contributed by atoms with Crippen LogP contribution >= 0.6 is 15.9 Å². The van der Waals surface area contributed by atoms with Crippen LogP contribution in [0.1, 0.15) is 20.3 Å². The van der Waals surface area contributed by atoms with Gasteiger partial charge in [0.2, 0.25) is 5.95 Å². The van der Waals surface area contributed by atoms with E-state index in [0.717, 1.165) is 23.3 Å². The molecule has 1 aromatic heterocycles. The number of aromatic nitrogens is 2. The lowest BCUT2D eigenvalue weighted by atomic mass is 10.2. The molecule has 1 unspecified atom stereocenters. The molecule has 0 aliphatic heterocycles. The van der Waals surface area contributed by atoms with Gasteiger partial charge in [-0.15, -0.1) is 0 Å². The third-order valence-electron chi connectivity index (χ3n) is 2.21. The van der Waals surface area contributed by atoms with Crippen molar-refractivity contribution in [2.45, 2.75) is 20.3 Å². The van der Waals surface area contributed by atoms with Gasteiger partial charge in [0.25, 0.3) is 0 Å². The summed E-state index contributed by atoms with van der Waals surface area (Å²) < 4.78 is 0.824. The third kappa shape index (κ3) is 4.87. The fourth-order valence-electron chi connectivity index (χ4n) is 1.15. The Morgan fingerprint density at radius 1 is 1.47 bits per heavy atom. The molecule has 96 valence electrons. The molecule has 0 amide bonds. The van der Waals surface area contributed by atoms with Crippen molar-refractivity contribution in [1.82, 2.24) is 9.97 Å². The molecule has 1 heterocycles. The molecule has 0 radical (unpaired) electrons. The highest BCUT2D eigenvalue weighted by Crippen LogP contribution is 2.20. The van der Waals surface area contributed by atoms with Gasteiger partial charge < -0.3 is 15.7 Å². The number of hydrogen-bond acceptors (Lipinski definition) is 5. The molecular weight excluding hydrogens is 284 g/mol. The van der Waals surface area contributed by atoms with Crippen LogP contribution in [-0.4, -0.2) is 34.8 Å². The molecule has 1 aromatic rings. The summed E-state index contributed by atoms with van der Waals surface area (Å²) in [5.74, 6) is 1.57. The minimum absolute atomic E-state index is 0.163. The predicted octanol–water partition coefficient (Wildman–Crippen LogP) is 2.10. The quantitative estimate of drug-likeness (QED) is 0.719. The molecule has 0 saturated carbocycles. The van der Waals surface area contributed by atoms with Gasteiger partial charge in [-0.2, -0.15) is 4.98 Å². The number of nitrogens with one attached hydrogen (secondary N) is 2. The van der Waals surface area contributed by atoms with Crippen LogP contribution in [0.4, 0.5) is 11.8 Å². The molecular formula is C11H19BrN4O. The maximum Gasteiger partial charge on any atom is 0.224 e. The summed E-state index contributed by atoms with van der Waals surface area (Å²) >= 11 is 3.39. The van der Waals surface area contributed by atoms with Gasteiger partial charge in [-0.25, -0.2) is 4.98 Å². The van der Waals surface area contributed by atoms with Gasteiger partial charge in [-0.05, 0) is 28.3 Å². The zero-order chi connectivity index (χ0) is 12.7. The van der Waals surface area contributed by atoms with E-state index in [0.29, 0.717) is 12.5 Å².